The number of nitrogens with zero attached hydrogens (tertiary/aromatic N) is 3. The van der Waals surface area contributed by atoms with Crippen LogP contribution >= 0.6 is 0 Å². The van der Waals surface area contributed by atoms with Crippen molar-refractivity contribution >= 4 is 17.5 Å². The summed E-state index contributed by atoms with van der Waals surface area (Å²) in [7, 11) is 1.53. The minimum Gasteiger partial charge on any atom is -0.459 e. The van der Waals surface area contributed by atoms with Gasteiger partial charge in [-0.05, 0) is 30.7 Å². The van der Waals surface area contributed by atoms with Crippen LogP contribution in [0.15, 0.2) is 76.4 Å². The molecule has 3 aromatic rings. The summed E-state index contributed by atoms with van der Waals surface area (Å²) in [6.45, 7) is 1.80. The Hall–Kier alpha value is -3.74. The average Bonchev–Trinajstić information content (AvgIpc) is 3.44. The van der Waals surface area contributed by atoms with Gasteiger partial charge in [0.15, 0.2) is 5.76 Å². The number of hydrazone groups is 1. The topological polar surface area (TPSA) is 66.1 Å². The number of carbonyl (C=O) groups excluding carboxylic acids is 2. The van der Waals surface area contributed by atoms with Crippen molar-refractivity contribution in [3.05, 3.63) is 95.2 Å². The van der Waals surface area contributed by atoms with E-state index < -0.39 is 5.91 Å². The van der Waals surface area contributed by atoms with E-state index in [2.05, 4.69) is 5.10 Å². The van der Waals surface area contributed by atoms with Crippen LogP contribution < -0.4 is 0 Å². The first-order chi connectivity index (χ1) is 14.9. The number of likely N-dealkylation sites (N-methyl/N-ethyl adjacent to an activating group) is 1. The van der Waals surface area contributed by atoms with E-state index in [1.54, 1.807) is 30.3 Å². The van der Waals surface area contributed by atoms with E-state index in [1.807, 2.05) is 31.2 Å². The minimum atomic E-state index is -0.400. The van der Waals surface area contributed by atoms with Crippen LogP contribution in [0, 0.1) is 12.7 Å². The molecule has 6 nitrogen and oxygen atoms in total. The molecule has 1 aromatic heterocycles. The first kappa shape index (κ1) is 20.5. The van der Waals surface area contributed by atoms with Gasteiger partial charge in [0.05, 0.1) is 18.0 Å². The van der Waals surface area contributed by atoms with Gasteiger partial charge in [0.25, 0.3) is 11.8 Å². The number of rotatable bonds is 5. The Labute approximate surface area is 179 Å². The van der Waals surface area contributed by atoms with Crippen molar-refractivity contribution in [3.8, 4) is 0 Å². The maximum atomic E-state index is 14.4. The zero-order valence-electron chi connectivity index (χ0n) is 17.3. The number of amides is 2. The summed E-state index contributed by atoms with van der Waals surface area (Å²) in [5, 5.41) is 5.83. The van der Waals surface area contributed by atoms with E-state index >= 15 is 0 Å². The highest BCUT2D eigenvalue weighted by molar-refractivity contribution is 6.03. The largest absolute Gasteiger partial charge is 0.459 e. The van der Waals surface area contributed by atoms with Crippen LogP contribution in [0.1, 0.15) is 39.7 Å². The van der Waals surface area contributed by atoms with Crippen molar-refractivity contribution in [1.29, 1.82) is 0 Å². The molecule has 2 heterocycles. The molecule has 1 aliphatic rings. The van der Waals surface area contributed by atoms with E-state index in [0.717, 1.165) is 11.1 Å². The third-order valence-electron chi connectivity index (χ3n) is 5.26. The molecule has 0 aliphatic carbocycles. The van der Waals surface area contributed by atoms with E-state index in [1.165, 1.54) is 29.3 Å². The Morgan fingerprint density at radius 2 is 1.87 bits per heavy atom. The van der Waals surface area contributed by atoms with Gasteiger partial charge in [-0.15, -0.1) is 0 Å². The molecule has 0 unspecified atom stereocenters. The minimum absolute atomic E-state index is 0.155. The Morgan fingerprint density at radius 1 is 1.13 bits per heavy atom. The number of aryl methyl sites for hydroxylation is 1. The summed E-state index contributed by atoms with van der Waals surface area (Å²) in [5.41, 5.74) is 2.86. The summed E-state index contributed by atoms with van der Waals surface area (Å²) in [5.74, 6) is -0.993. The van der Waals surface area contributed by atoms with Gasteiger partial charge in [0.2, 0.25) is 0 Å². The summed E-state index contributed by atoms with van der Waals surface area (Å²) in [6, 6.07) is 17.0. The predicted octanol–water partition coefficient (Wildman–Crippen LogP) is 4.18. The summed E-state index contributed by atoms with van der Waals surface area (Å²) in [6.07, 6.45) is 1.79. The average molecular weight is 419 g/mol. The zero-order chi connectivity index (χ0) is 22.0. The van der Waals surface area contributed by atoms with E-state index in [9.17, 15) is 14.0 Å². The Balaban J connectivity index is 1.61. The third-order valence-corrected chi connectivity index (χ3v) is 5.26. The number of furan rings is 1. The Bertz CT molecular complexity index is 1120. The number of hydrogen-bond donors (Lipinski definition) is 0. The summed E-state index contributed by atoms with van der Waals surface area (Å²) >= 11 is 0. The predicted molar refractivity (Wildman–Crippen MR) is 114 cm³/mol. The first-order valence-electron chi connectivity index (χ1n) is 9.94. The molecular weight excluding hydrogens is 397 g/mol. The maximum absolute atomic E-state index is 14.4. The Morgan fingerprint density at radius 3 is 2.55 bits per heavy atom. The molecule has 1 aliphatic heterocycles. The number of benzene rings is 2. The monoisotopic (exact) mass is 419 g/mol. The molecule has 0 saturated carbocycles. The number of carbonyl (C=O) groups is 2. The van der Waals surface area contributed by atoms with E-state index in [-0.39, 0.29) is 30.1 Å². The van der Waals surface area contributed by atoms with Gasteiger partial charge >= 0.3 is 0 Å². The normalized spacial score (nSPS) is 15.6. The van der Waals surface area contributed by atoms with Gasteiger partial charge in [-0.25, -0.2) is 9.40 Å². The third kappa shape index (κ3) is 4.26. The molecule has 0 saturated heterocycles. The van der Waals surface area contributed by atoms with Crippen LogP contribution in [-0.4, -0.2) is 41.0 Å². The lowest BCUT2D eigenvalue weighted by Crippen LogP contribution is -2.39. The molecule has 0 bridgehead atoms. The molecule has 2 amide bonds. The van der Waals surface area contributed by atoms with Gasteiger partial charge in [-0.2, -0.15) is 5.10 Å². The second kappa shape index (κ2) is 8.55. The molecular formula is C24H22FN3O3. The molecule has 0 N–H and O–H groups in total. The molecule has 158 valence electrons. The first-order valence-corrected chi connectivity index (χ1v) is 9.94. The van der Waals surface area contributed by atoms with Crippen molar-refractivity contribution in [3.63, 3.8) is 0 Å². The van der Waals surface area contributed by atoms with Gasteiger partial charge < -0.3 is 9.32 Å². The second-order valence-corrected chi connectivity index (χ2v) is 7.53. The molecule has 0 fully saturated rings. The molecule has 7 heteroatoms. The van der Waals surface area contributed by atoms with E-state index in [0.29, 0.717) is 17.7 Å². The molecule has 2 aromatic carbocycles. The molecule has 1 atom stereocenters. The lowest BCUT2D eigenvalue weighted by molar-refractivity contribution is -0.133. The highest BCUT2D eigenvalue weighted by Gasteiger charge is 2.34. The molecule has 31 heavy (non-hydrogen) atoms. The van der Waals surface area contributed by atoms with Gasteiger partial charge in [0.1, 0.15) is 12.4 Å². The molecule has 4 rings (SSSR count). The zero-order valence-corrected chi connectivity index (χ0v) is 17.3. The Kier molecular flexibility index (Phi) is 5.66. The fourth-order valence-corrected chi connectivity index (χ4v) is 3.58. The van der Waals surface area contributed by atoms with Crippen molar-refractivity contribution in [2.45, 2.75) is 19.4 Å². The molecule has 0 spiro atoms. The highest BCUT2D eigenvalue weighted by Crippen LogP contribution is 2.33. The van der Waals surface area contributed by atoms with Crippen LogP contribution in [0.3, 0.4) is 0 Å². The van der Waals surface area contributed by atoms with Crippen molar-refractivity contribution in [2.24, 2.45) is 5.10 Å². The lowest BCUT2D eigenvalue weighted by Gasteiger charge is -2.24. The standard InChI is InChI=1S/C24H22FN3O3/c1-16-9-11-17(12-10-16)21-14-20(18-6-3-4-7-19(18)25)26-28(21)23(29)15-27(2)24(30)22-8-5-13-31-22/h3-13,21H,14-15H2,1-2H3/t21-/m1/s1. The number of halogens is 1. The second-order valence-electron chi connectivity index (χ2n) is 7.53. The van der Waals surface area contributed by atoms with Crippen LogP contribution in [0.4, 0.5) is 4.39 Å². The fourth-order valence-electron chi connectivity index (χ4n) is 3.58. The summed E-state index contributed by atoms with van der Waals surface area (Å²) in [4.78, 5) is 26.9. The lowest BCUT2D eigenvalue weighted by atomic mass is 9.97. The van der Waals surface area contributed by atoms with Crippen molar-refractivity contribution < 1.29 is 18.4 Å². The smallest absolute Gasteiger partial charge is 0.289 e. The van der Waals surface area contributed by atoms with Crippen molar-refractivity contribution in [1.82, 2.24) is 9.91 Å². The van der Waals surface area contributed by atoms with Crippen LogP contribution in [0.5, 0.6) is 0 Å². The van der Waals surface area contributed by atoms with Crippen LogP contribution in [-0.2, 0) is 4.79 Å². The quantitative estimate of drug-likeness (QED) is 0.623. The summed E-state index contributed by atoms with van der Waals surface area (Å²) < 4.78 is 19.5. The highest BCUT2D eigenvalue weighted by atomic mass is 19.1. The van der Waals surface area contributed by atoms with Gasteiger partial charge in [-0.3, -0.25) is 9.59 Å². The molecule has 0 radical (unpaired) electrons. The maximum Gasteiger partial charge on any atom is 0.289 e. The SMILES string of the molecule is Cc1ccc([C@H]2CC(c3ccccc3F)=NN2C(=O)CN(C)C(=O)c2ccco2)cc1. The van der Waals surface area contributed by atoms with Crippen molar-refractivity contribution in [2.75, 3.05) is 13.6 Å². The van der Waals surface area contributed by atoms with Crippen LogP contribution in [0.2, 0.25) is 0 Å². The fraction of sp³-hybridized carbons (Fsp3) is 0.208. The van der Waals surface area contributed by atoms with Gasteiger partial charge in [0, 0.05) is 19.0 Å². The van der Waals surface area contributed by atoms with Crippen LogP contribution in [0.25, 0.3) is 0 Å². The number of hydrogen-bond acceptors (Lipinski definition) is 4. The van der Waals surface area contributed by atoms with Gasteiger partial charge in [-0.1, -0.05) is 48.0 Å². The van der Waals surface area contributed by atoms with E-state index in [4.69, 9.17) is 4.42 Å².